The summed E-state index contributed by atoms with van der Waals surface area (Å²) in [5.41, 5.74) is 0.882. The summed E-state index contributed by atoms with van der Waals surface area (Å²) in [5, 5.41) is 11.2. The summed E-state index contributed by atoms with van der Waals surface area (Å²) in [7, 11) is 0. The number of alkyl halides is 3. The lowest BCUT2D eigenvalue weighted by molar-refractivity contribution is -0.185. The van der Waals surface area contributed by atoms with Gasteiger partial charge < -0.3 is 10.2 Å². The SMILES string of the molecule is CCNCc1cn(CCN2CCC(C(F)(F)F)CC2)nn1. The fourth-order valence-electron chi connectivity index (χ4n) is 2.51. The van der Waals surface area contributed by atoms with Crippen LogP contribution in [-0.4, -0.2) is 52.2 Å². The van der Waals surface area contributed by atoms with Crippen molar-refractivity contribution < 1.29 is 13.2 Å². The van der Waals surface area contributed by atoms with Gasteiger partial charge >= 0.3 is 6.18 Å². The van der Waals surface area contributed by atoms with E-state index in [1.165, 1.54) is 0 Å². The van der Waals surface area contributed by atoms with E-state index >= 15 is 0 Å². The Kier molecular flexibility index (Phi) is 5.58. The van der Waals surface area contributed by atoms with E-state index in [4.69, 9.17) is 0 Å². The van der Waals surface area contributed by atoms with Crippen LogP contribution in [0.5, 0.6) is 0 Å². The summed E-state index contributed by atoms with van der Waals surface area (Å²) in [6, 6.07) is 0. The van der Waals surface area contributed by atoms with E-state index in [-0.39, 0.29) is 12.8 Å². The van der Waals surface area contributed by atoms with Crippen LogP contribution >= 0.6 is 0 Å². The van der Waals surface area contributed by atoms with Crippen molar-refractivity contribution in [1.82, 2.24) is 25.2 Å². The number of rotatable bonds is 6. The minimum absolute atomic E-state index is 0.201. The van der Waals surface area contributed by atoms with Crippen molar-refractivity contribution in [3.63, 3.8) is 0 Å². The maximum atomic E-state index is 12.6. The molecule has 1 N–H and O–H groups in total. The first-order chi connectivity index (χ1) is 9.99. The largest absolute Gasteiger partial charge is 0.391 e. The number of aromatic nitrogens is 3. The molecule has 0 amide bonds. The van der Waals surface area contributed by atoms with Gasteiger partial charge in [0.15, 0.2) is 0 Å². The number of halogens is 3. The monoisotopic (exact) mass is 305 g/mol. The van der Waals surface area contributed by atoms with E-state index in [0.717, 1.165) is 12.2 Å². The van der Waals surface area contributed by atoms with Crippen LogP contribution < -0.4 is 5.32 Å². The molecule has 21 heavy (non-hydrogen) atoms. The lowest BCUT2D eigenvalue weighted by atomic mass is 9.96. The smallest absolute Gasteiger partial charge is 0.311 e. The first kappa shape index (κ1) is 16.2. The van der Waals surface area contributed by atoms with Crippen LogP contribution in [0.25, 0.3) is 0 Å². The topological polar surface area (TPSA) is 46.0 Å². The minimum Gasteiger partial charge on any atom is -0.311 e. The zero-order valence-corrected chi connectivity index (χ0v) is 12.2. The first-order valence-electron chi connectivity index (χ1n) is 7.38. The standard InChI is InChI=1S/C13H22F3N5/c1-2-17-9-12-10-21(19-18-12)8-7-20-5-3-11(4-6-20)13(14,15)16/h10-11,17H,2-9H2,1H3. The van der Waals surface area contributed by atoms with Gasteiger partial charge in [-0.15, -0.1) is 5.10 Å². The fraction of sp³-hybridized carbons (Fsp3) is 0.846. The van der Waals surface area contributed by atoms with Crippen molar-refractivity contribution >= 4 is 0 Å². The number of nitrogens with zero attached hydrogens (tertiary/aromatic N) is 4. The first-order valence-corrected chi connectivity index (χ1v) is 7.38. The van der Waals surface area contributed by atoms with Crippen LogP contribution in [-0.2, 0) is 13.1 Å². The summed E-state index contributed by atoms with van der Waals surface area (Å²) in [6.45, 7) is 5.97. The van der Waals surface area contributed by atoms with Crippen LogP contribution in [0.3, 0.4) is 0 Å². The summed E-state index contributed by atoms with van der Waals surface area (Å²) in [5.74, 6) is -1.13. The average Bonchev–Trinajstić information content (AvgIpc) is 2.90. The van der Waals surface area contributed by atoms with Crippen LogP contribution in [0.15, 0.2) is 6.20 Å². The van der Waals surface area contributed by atoms with Crippen molar-refractivity contribution in [3.05, 3.63) is 11.9 Å². The maximum Gasteiger partial charge on any atom is 0.391 e. The molecule has 1 aliphatic heterocycles. The number of piperidine rings is 1. The molecule has 0 spiro atoms. The quantitative estimate of drug-likeness (QED) is 0.868. The molecule has 5 nitrogen and oxygen atoms in total. The molecule has 2 heterocycles. The molecule has 1 aliphatic rings. The molecule has 0 bridgehead atoms. The molecule has 1 aromatic heterocycles. The maximum absolute atomic E-state index is 12.6. The number of nitrogens with one attached hydrogen (secondary N) is 1. The number of hydrogen-bond donors (Lipinski definition) is 1. The van der Waals surface area contributed by atoms with Gasteiger partial charge in [-0.2, -0.15) is 13.2 Å². The molecule has 8 heteroatoms. The van der Waals surface area contributed by atoms with Crippen molar-refractivity contribution in [2.45, 2.75) is 39.0 Å². The second-order valence-corrected chi connectivity index (χ2v) is 5.41. The highest BCUT2D eigenvalue weighted by Gasteiger charge is 2.40. The molecule has 0 unspecified atom stereocenters. The van der Waals surface area contributed by atoms with Gasteiger partial charge in [0.05, 0.1) is 18.2 Å². The highest BCUT2D eigenvalue weighted by atomic mass is 19.4. The van der Waals surface area contributed by atoms with Gasteiger partial charge in [-0.25, -0.2) is 0 Å². The molecular weight excluding hydrogens is 283 g/mol. The van der Waals surface area contributed by atoms with Crippen molar-refractivity contribution in [2.75, 3.05) is 26.2 Å². The predicted molar refractivity (Wildman–Crippen MR) is 72.6 cm³/mol. The van der Waals surface area contributed by atoms with Crippen molar-refractivity contribution in [1.29, 1.82) is 0 Å². The van der Waals surface area contributed by atoms with Gasteiger partial charge in [-0.05, 0) is 32.5 Å². The van der Waals surface area contributed by atoms with Gasteiger partial charge in [-0.3, -0.25) is 4.68 Å². The van der Waals surface area contributed by atoms with E-state index < -0.39 is 12.1 Å². The van der Waals surface area contributed by atoms with Gasteiger partial charge in [-0.1, -0.05) is 12.1 Å². The second kappa shape index (κ2) is 7.22. The van der Waals surface area contributed by atoms with Gasteiger partial charge in [0.1, 0.15) is 0 Å². The molecule has 0 aromatic carbocycles. The predicted octanol–water partition coefficient (Wildman–Crippen LogP) is 1.66. The third-order valence-electron chi connectivity index (χ3n) is 3.84. The van der Waals surface area contributed by atoms with Crippen molar-refractivity contribution in [3.8, 4) is 0 Å². The van der Waals surface area contributed by atoms with Crippen LogP contribution in [0.4, 0.5) is 13.2 Å². The van der Waals surface area contributed by atoms with Gasteiger partial charge in [0.25, 0.3) is 0 Å². The van der Waals surface area contributed by atoms with E-state index in [2.05, 4.69) is 20.5 Å². The van der Waals surface area contributed by atoms with Gasteiger partial charge in [0, 0.05) is 19.3 Å². The second-order valence-electron chi connectivity index (χ2n) is 5.41. The van der Waals surface area contributed by atoms with Crippen molar-refractivity contribution in [2.24, 2.45) is 5.92 Å². The molecule has 1 saturated heterocycles. The molecule has 0 atom stereocenters. The molecule has 120 valence electrons. The zero-order chi connectivity index (χ0) is 15.3. The normalized spacial score (nSPS) is 18.3. The highest BCUT2D eigenvalue weighted by Crippen LogP contribution is 2.33. The average molecular weight is 305 g/mol. The Balaban J connectivity index is 1.71. The summed E-state index contributed by atoms with van der Waals surface area (Å²) in [6.07, 6.45) is -1.76. The molecule has 1 aromatic rings. The molecule has 2 rings (SSSR count). The third kappa shape index (κ3) is 4.96. The Morgan fingerprint density at radius 3 is 2.62 bits per heavy atom. The highest BCUT2D eigenvalue weighted by molar-refractivity contribution is 4.91. The van der Waals surface area contributed by atoms with E-state index in [9.17, 15) is 13.2 Å². The zero-order valence-electron chi connectivity index (χ0n) is 12.2. The summed E-state index contributed by atoms with van der Waals surface area (Å²) < 4.78 is 39.5. The molecule has 0 aliphatic carbocycles. The number of hydrogen-bond acceptors (Lipinski definition) is 4. The van der Waals surface area contributed by atoms with E-state index in [1.54, 1.807) is 4.68 Å². The molecule has 0 saturated carbocycles. The Morgan fingerprint density at radius 1 is 1.29 bits per heavy atom. The summed E-state index contributed by atoms with van der Waals surface area (Å²) in [4.78, 5) is 2.06. The Bertz CT molecular complexity index is 424. The van der Waals surface area contributed by atoms with Crippen LogP contribution in [0.2, 0.25) is 0 Å². The van der Waals surface area contributed by atoms with E-state index in [1.807, 2.05) is 13.1 Å². The minimum atomic E-state index is -4.04. The Hall–Kier alpha value is -1.15. The third-order valence-corrected chi connectivity index (χ3v) is 3.84. The Labute approximate surface area is 122 Å². The van der Waals surface area contributed by atoms with Crippen LogP contribution in [0.1, 0.15) is 25.5 Å². The van der Waals surface area contributed by atoms with Crippen LogP contribution in [0, 0.1) is 5.92 Å². The molecular formula is C13H22F3N5. The number of likely N-dealkylation sites (tertiary alicyclic amines) is 1. The lowest BCUT2D eigenvalue weighted by Gasteiger charge is -2.32. The molecule has 1 fully saturated rings. The van der Waals surface area contributed by atoms with E-state index in [0.29, 0.717) is 32.7 Å². The van der Waals surface area contributed by atoms with Gasteiger partial charge in [0.2, 0.25) is 0 Å². The Morgan fingerprint density at radius 2 is 2.00 bits per heavy atom. The molecule has 0 radical (unpaired) electrons. The lowest BCUT2D eigenvalue weighted by Crippen LogP contribution is -2.40. The summed E-state index contributed by atoms with van der Waals surface area (Å²) >= 11 is 0. The fourth-order valence-corrected chi connectivity index (χ4v) is 2.51.